The molecular weight excluding hydrogens is 339 g/mol. The lowest BCUT2D eigenvalue weighted by Crippen LogP contribution is -2.13. The minimum atomic E-state index is -3.97. The molecule has 126 valence electrons. The SMILES string of the molecule is CCOc1ccc(NS(=O)(=O)c2ccc3[nH]c(=O)oc3c2)cc1F. The third kappa shape index (κ3) is 3.11. The molecule has 2 N–H and O–H groups in total. The number of oxazole rings is 1. The van der Waals surface area contributed by atoms with Crippen molar-refractivity contribution in [2.45, 2.75) is 11.8 Å². The molecule has 0 aliphatic heterocycles. The zero-order chi connectivity index (χ0) is 17.3. The quantitative estimate of drug-likeness (QED) is 0.734. The van der Waals surface area contributed by atoms with Crippen LogP contribution in [-0.4, -0.2) is 20.0 Å². The normalized spacial score (nSPS) is 11.6. The molecule has 3 aromatic rings. The Balaban J connectivity index is 1.92. The Kier molecular flexibility index (Phi) is 4.02. The summed E-state index contributed by atoms with van der Waals surface area (Å²) < 4.78 is 50.7. The lowest BCUT2D eigenvalue weighted by atomic mass is 10.3. The molecule has 0 aliphatic rings. The lowest BCUT2D eigenvalue weighted by Gasteiger charge is -2.10. The summed E-state index contributed by atoms with van der Waals surface area (Å²) in [6.07, 6.45) is 0. The second-order valence-electron chi connectivity index (χ2n) is 4.86. The molecule has 0 saturated carbocycles. The van der Waals surface area contributed by atoms with Gasteiger partial charge in [0.05, 0.1) is 22.7 Å². The van der Waals surface area contributed by atoms with Gasteiger partial charge in [-0.2, -0.15) is 0 Å². The predicted octanol–water partition coefficient (Wildman–Crippen LogP) is 2.46. The fraction of sp³-hybridized carbons (Fsp3) is 0.133. The van der Waals surface area contributed by atoms with Crippen molar-refractivity contribution in [3.05, 3.63) is 52.8 Å². The number of aromatic amines is 1. The number of aromatic nitrogens is 1. The highest BCUT2D eigenvalue weighted by Gasteiger charge is 2.17. The summed E-state index contributed by atoms with van der Waals surface area (Å²) in [6, 6.07) is 7.68. The number of hydrogen-bond donors (Lipinski definition) is 2. The Morgan fingerprint density at radius 3 is 2.75 bits per heavy atom. The summed E-state index contributed by atoms with van der Waals surface area (Å²) in [6.45, 7) is 2.01. The fourth-order valence-corrected chi connectivity index (χ4v) is 3.21. The van der Waals surface area contributed by atoms with E-state index in [1.54, 1.807) is 6.92 Å². The second-order valence-corrected chi connectivity index (χ2v) is 6.54. The van der Waals surface area contributed by atoms with Gasteiger partial charge in [-0.05, 0) is 31.2 Å². The number of halogens is 1. The molecule has 9 heteroatoms. The Morgan fingerprint density at radius 1 is 1.25 bits per heavy atom. The van der Waals surface area contributed by atoms with Crippen molar-refractivity contribution >= 4 is 26.8 Å². The van der Waals surface area contributed by atoms with E-state index in [-0.39, 0.29) is 21.9 Å². The van der Waals surface area contributed by atoms with Crippen LogP contribution in [-0.2, 0) is 10.0 Å². The molecule has 0 fully saturated rings. The van der Waals surface area contributed by atoms with Gasteiger partial charge in [0.1, 0.15) is 0 Å². The van der Waals surface area contributed by atoms with Crippen LogP contribution < -0.4 is 15.2 Å². The summed E-state index contributed by atoms with van der Waals surface area (Å²) in [5.41, 5.74) is 0.540. The van der Waals surface area contributed by atoms with Gasteiger partial charge in [0.25, 0.3) is 10.0 Å². The number of H-pyrrole nitrogens is 1. The third-order valence-corrected chi connectivity index (χ3v) is 4.57. The van der Waals surface area contributed by atoms with E-state index in [0.717, 1.165) is 6.07 Å². The van der Waals surface area contributed by atoms with E-state index in [1.165, 1.54) is 30.3 Å². The van der Waals surface area contributed by atoms with Crippen molar-refractivity contribution in [2.75, 3.05) is 11.3 Å². The minimum Gasteiger partial charge on any atom is -0.491 e. The first-order valence-electron chi connectivity index (χ1n) is 6.97. The highest BCUT2D eigenvalue weighted by Crippen LogP contribution is 2.24. The smallest absolute Gasteiger partial charge is 0.417 e. The van der Waals surface area contributed by atoms with Crippen molar-refractivity contribution in [2.24, 2.45) is 0 Å². The van der Waals surface area contributed by atoms with Crippen LogP contribution in [0.1, 0.15) is 6.92 Å². The van der Waals surface area contributed by atoms with Gasteiger partial charge in [0.15, 0.2) is 17.1 Å². The molecule has 0 bridgehead atoms. The van der Waals surface area contributed by atoms with E-state index < -0.39 is 21.6 Å². The molecule has 2 aromatic carbocycles. The number of benzene rings is 2. The maximum Gasteiger partial charge on any atom is 0.417 e. The van der Waals surface area contributed by atoms with Gasteiger partial charge >= 0.3 is 5.76 Å². The molecular formula is C15H13FN2O5S. The Labute approximate surface area is 136 Å². The van der Waals surface area contributed by atoms with Gasteiger partial charge in [-0.3, -0.25) is 9.71 Å². The molecule has 0 saturated heterocycles. The van der Waals surface area contributed by atoms with E-state index in [4.69, 9.17) is 9.15 Å². The maximum absolute atomic E-state index is 13.8. The van der Waals surface area contributed by atoms with Gasteiger partial charge < -0.3 is 9.15 Å². The zero-order valence-corrected chi connectivity index (χ0v) is 13.3. The monoisotopic (exact) mass is 352 g/mol. The second kappa shape index (κ2) is 6.00. The number of fused-ring (bicyclic) bond motifs is 1. The van der Waals surface area contributed by atoms with Crippen LogP contribution in [0.4, 0.5) is 10.1 Å². The molecule has 0 unspecified atom stereocenters. The van der Waals surface area contributed by atoms with Crippen LogP contribution in [0.3, 0.4) is 0 Å². The van der Waals surface area contributed by atoms with Crippen LogP contribution in [0.5, 0.6) is 5.75 Å². The number of ether oxygens (including phenoxy) is 1. The number of anilines is 1. The Morgan fingerprint density at radius 2 is 2.04 bits per heavy atom. The van der Waals surface area contributed by atoms with Crippen LogP contribution in [0.15, 0.2) is 50.5 Å². The molecule has 0 amide bonds. The molecule has 24 heavy (non-hydrogen) atoms. The van der Waals surface area contributed by atoms with E-state index in [0.29, 0.717) is 12.1 Å². The Hall–Kier alpha value is -2.81. The first kappa shape index (κ1) is 16.1. The van der Waals surface area contributed by atoms with Crippen molar-refractivity contribution in [3.8, 4) is 5.75 Å². The van der Waals surface area contributed by atoms with Gasteiger partial charge in [-0.1, -0.05) is 0 Å². The van der Waals surface area contributed by atoms with E-state index in [9.17, 15) is 17.6 Å². The molecule has 1 heterocycles. The zero-order valence-electron chi connectivity index (χ0n) is 12.5. The molecule has 3 rings (SSSR count). The van der Waals surface area contributed by atoms with Gasteiger partial charge in [0, 0.05) is 12.1 Å². The highest BCUT2D eigenvalue weighted by molar-refractivity contribution is 7.92. The van der Waals surface area contributed by atoms with Crippen LogP contribution in [0, 0.1) is 5.82 Å². The Bertz CT molecular complexity index is 1060. The first-order chi connectivity index (χ1) is 11.4. The van der Waals surface area contributed by atoms with Crippen molar-refractivity contribution in [1.82, 2.24) is 4.98 Å². The number of rotatable bonds is 5. The first-order valence-corrected chi connectivity index (χ1v) is 8.45. The standard InChI is InChI=1S/C15H13FN2O5S/c1-2-22-13-6-3-9(7-11(13)16)18-24(20,21)10-4-5-12-14(8-10)23-15(19)17-12/h3-8,18H,2H2,1H3,(H,17,19). The summed E-state index contributed by atoms with van der Waals surface area (Å²) >= 11 is 0. The largest absolute Gasteiger partial charge is 0.491 e. The van der Waals surface area contributed by atoms with Gasteiger partial charge in [-0.15, -0.1) is 0 Å². The van der Waals surface area contributed by atoms with Crippen molar-refractivity contribution < 1.29 is 22.0 Å². The fourth-order valence-electron chi connectivity index (χ4n) is 2.14. The summed E-state index contributed by atoms with van der Waals surface area (Å²) in [5.74, 6) is -1.32. The number of nitrogens with one attached hydrogen (secondary N) is 2. The number of hydrogen-bond acceptors (Lipinski definition) is 5. The summed E-state index contributed by atoms with van der Waals surface area (Å²) in [5, 5.41) is 0. The summed E-state index contributed by atoms with van der Waals surface area (Å²) in [7, 11) is -3.97. The van der Waals surface area contributed by atoms with Crippen LogP contribution in [0.2, 0.25) is 0 Å². The van der Waals surface area contributed by atoms with E-state index in [1.807, 2.05) is 0 Å². The van der Waals surface area contributed by atoms with Crippen LogP contribution in [0.25, 0.3) is 11.1 Å². The van der Waals surface area contributed by atoms with E-state index in [2.05, 4.69) is 9.71 Å². The number of sulfonamides is 1. The molecule has 0 atom stereocenters. The molecule has 0 spiro atoms. The third-order valence-electron chi connectivity index (χ3n) is 3.19. The average Bonchev–Trinajstić information content (AvgIpc) is 2.89. The van der Waals surface area contributed by atoms with Gasteiger partial charge in [0.2, 0.25) is 0 Å². The highest BCUT2D eigenvalue weighted by atomic mass is 32.2. The predicted molar refractivity (Wildman–Crippen MR) is 85.2 cm³/mol. The van der Waals surface area contributed by atoms with Gasteiger partial charge in [-0.25, -0.2) is 17.6 Å². The topological polar surface area (TPSA) is 101 Å². The average molecular weight is 352 g/mol. The van der Waals surface area contributed by atoms with Crippen molar-refractivity contribution in [1.29, 1.82) is 0 Å². The lowest BCUT2D eigenvalue weighted by molar-refractivity contribution is 0.321. The maximum atomic E-state index is 13.8. The van der Waals surface area contributed by atoms with Crippen LogP contribution >= 0.6 is 0 Å². The molecule has 0 radical (unpaired) electrons. The molecule has 1 aromatic heterocycles. The van der Waals surface area contributed by atoms with Crippen molar-refractivity contribution in [3.63, 3.8) is 0 Å². The summed E-state index contributed by atoms with van der Waals surface area (Å²) in [4.78, 5) is 13.4. The molecule has 0 aliphatic carbocycles. The van der Waals surface area contributed by atoms with E-state index >= 15 is 0 Å². The molecule has 7 nitrogen and oxygen atoms in total. The minimum absolute atomic E-state index is 0.0379.